The SMILES string of the molecule is O=C(N=C1SCCN1C(=O)c1cccnc1)c1cccnc1. The van der Waals surface area contributed by atoms with Crippen LogP contribution in [0.25, 0.3) is 0 Å². The minimum Gasteiger partial charge on any atom is -0.286 e. The highest BCUT2D eigenvalue weighted by Crippen LogP contribution is 2.21. The molecule has 0 saturated carbocycles. The highest BCUT2D eigenvalue weighted by molar-refractivity contribution is 8.14. The number of thioether (sulfide) groups is 1. The normalized spacial score (nSPS) is 16.0. The summed E-state index contributed by atoms with van der Waals surface area (Å²) in [6, 6.07) is 6.72. The van der Waals surface area contributed by atoms with E-state index in [1.807, 2.05) is 0 Å². The Labute approximate surface area is 131 Å². The number of amides is 2. The second-order valence-corrected chi connectivity index (χ2v) is 5.55. The second kappa shape index (κ2) is 6.48. The van der Waals surface area contributed by atoms with Gasteiger partial charge in [-0.1, -0.05) is 11.8 Å². The molecule has 2 amide bonds. The molecule has 1 saturated heterocycles. The average molecular weight is 312 g/mol. The summed E-state index contributed by atoms with van der Waals surface area (Å²) in [6.07, 6.45) is 6.16. The van der Waals surface area contributed by atoms with Crippen LogP contribution in [0.5, 0.6) is 0 Å². The lowest BCUT2D eigenvalue weighted by Gasteiger charge is -2.15. The maximum Gasteiger partial charge on any atom is 0.280 e. The summed E-state index contributed by atoms with van der Waals surface area (Å²) >= 11 is 1.39. The van der Waals surface area contributed by atoms with E-state index < -0.39 is 5.91 Å². The van der Waals surface area contributed by atoms with Gasteiger partial charge in [-0.3, -0.25) is 24.5 Å². The lowest BCUT2D eigenvalue weighted by molar-refractivity contribution is 0.0858. The van der Waals surface area contributed by atoms with Crippen LogP contribution >= 0.6 is 11.8 Å². The molecule has 0 unspecified atom stereocenters. The van der Waals surface area contributed by atoms with Crippen LogP contribution < -0.4 is 0 Å². The number of hydrogen-bond acceptors (Lipinski definition) is 5. The molecule has 3 heterocycles. The second-order valence-electron chi connectivity index (χ2n) is 4.49. The number of amidine groups is 1. The molecule has 0 spiro atoms. The molecule has 110 valence electrons. The minimum atomic E-state index is -0.401. The number of aliphatic imine (C=N–C) groups is 1. The van der Waals surface area contributed by atoms with E-state index in [2.05, 4.69) is 15.0 Å². The first kappa shape index (κ1) is 14.4. The van der Waals surface area contributed by atoms with Gasteiger partial charge in [-0.15, -0.1) is 0 Å². The zero-order valence-electron chi connectivity index (χ0n) is 11.5. The Morgan fingerprint density at radius 2 is 1.77 bits per heavy atom. The molecule has 2 aromatic rings. The van der Waals surface area contributed by atoms with Gasteiger partial charge in [0.05, 0.1) is 11.1 Å². The molecule has 0 aromatic carbocycles. The molecule has 0 bridgehead atoms. The van der Waals surface area contributed by atoms with Crippen molar-refractivity contribution < 1.29 is 9.59 Å². The molecule has 7 heteroatoms. The van der Waals surface area contributed by atoms with Crippen molar-refractivity contribution in [2.75, 3.05) is 12.3 Å². The number of hydrogen-bond donors (Lipinski definition) is 0. The highest BCUT2D eigenvalue weighted by Gasteiger charge is 2.27. The molecule has 22 heavy (non-hydrogen) atoms. The zero-order chi connectivity index (χ0) is 15.4. The van der Waals surface area contributed by atoms with Crippen molar-refractivity contribution >= 4 is 28.7 Å². The largest absolute Gasteiger partial charge is 0.286 e. The summed E-state index contributed by atoms with van der Waals surface area (Å²) in [6.45, 7) is 0.525. The van der Waals surface area contributed by atoms with Crippen LogP contribution in [0.4, 0.5) is 0 Å². The third kappa shape index (κ3) is 3.04. The van der Waals surface area contributed by atoms with Crippen molar-refractivity contribution in [3.05, 3.63) is 60.2 Å². The number of carbonyl (C=O) groups excluding carboxylic acids is 2. The van der Waals surface area contributed by atoms with Crippen LogP contribution in [0.15, 0.2) is 54.0 Å². The molecule has 1 fully saturated rings. The van der Waals surface area contributed by atoms with E-state index in [1.165, 1.54) is 29.1 Å². The molecular weight excluding hydrogens is 300 g/mol. The summed E-state index contributed by atoms with van der Waals surface area (Å²) in [5.74, 6) is 0.114. The van der Waals surface area contributed by atoms with E-state index >= 15 is 0 Å². The van der Waals surface area contributed by atoms with E-state index in [0.29, 0.717) is 28.6 Å². The van der Waals surface area contributed by atoms with Crippen molar-refractivity contribution in [1.82, 2.24) is 14.9 Å². The van der Waals surface area contributed by atoms with Crippen molar-refractivity contribution in [2.24, 2.45) is 4.99 Å². The van der Waals surface area contributed by atoms with E-state index in [9.17, 15) is 9.59 Å². The first-order valence-corrected chi connectivity index (χ1v) is 7.62. The summed E-state index contributed by atoms with van der Waals surface area (Å²) in [4.78, 5) is 38.0. The molecule has 1 aliphatic heterocycles. The Morgan fingerprint density at radius 3 is 2.41 bits per heavy atom. The van der Waals surface area contributed by atoms with E-state index in [0.717, 1.165) is 0 Å². The van der Waals surface area contributed by atoms with Crippen molar-refractivity contribution in [1.29, 1.82) is 0 Å². The molecular formula is C15H12N4O2S. The number of rotatable bonds is 2. The molecule has 0 radical (unpaired) electrons. The quantitative estimate of drug-likeness (QED) is 0.846. The first-order chi connectivity index (χ1) is 10.8. The fourth-order valence-corrected chi connectivity index (χ4v) is 2.90. The van der Waals surface area contributed by atoms with Crippen LogP contribution in [0.3, 0.4) is 0 Å². The first-order valence-electron chi connectivity index (χ1n) is 6.63. The van der Waals surface area contributed by atoms with Crippen molar-refractivity contribution in [3.8, 4) is 0 Å². The molecule has 0 N–H and O–H groups in total. The fourth-order valence-electron chi connectivity index (χ4n) is 1.97. The Morgan fingerprint density at radius 1 is 1.09 bits per heavy atom. The Balaban J connectivity index is 1.83. The van der Waals surface area contributed by atoms with E-state index in [-0.39, 0.29) is 5.91 Å². The van der Waals surface area contributed by atoms with Crippen LogP contribution in [0.2, 0.25) is 0 Å². The maximum absolute atomic E-state index is 12.4. The van der Waals surface area contributed by atoms with Crippen molar-refractivity contribution in [3.63, 3.8) is 0 Å². The van der Waals surface area contributed by atoms with E-state index in [4.69, 9.17) is 0 Å². The Bertz CT molecular complexity index is 719. The van der Waals surface area contributed by atoms with E-state index in [1.54, 1.807) is 36.7 Å². The topological polar surface area (TPSA) is 75.5 Å². The Kier molecular flexibility index (Phi) is 4.24. The summed E-state index contributed by atoms with van der Waals surface area (Å²) in [7, 11) is 0. The molecule has 3 rings (SSSR count). The number of carbonyl (C=O) groups is 2. The number of nitrogens with zero attached hydrogens (tertiary/aromatic N) is 4. The molecule has 2 aromatic heterocycles. The molecule has 1 aliphatic rings. The monoisotopic (exact) mass is 312 g/mol. The summed E-state index contributed by atoms with van der Waals surface area (Å²) in [5.41, 5.74) is 0.878. The lowest BCUT2D eigenvalue weighted by atomic mass is 10.2. The van der Waals surface area contributed by atoms with Crippen LogP contribution in [-0.2, 0) is 0 Å². The maximum atomic E-state index is 12.4. The van der Waals surface area contributed by atoms with Gasteiger partial charge in [-0.2, -0.15) is 4.99 Å². The molecule has 0 atom stereocenters. The number of pyridine rings is 2. The van der Waals surface area contributed by atoms with Gasteiger partial charge in [0.1, 0.15) is 0 Å². The Hall–Kier alpha value is -2.54. The highest BCUT2D eigenvalue weighted by atomic mass is 32.2. The van der Waals surface area contributed by atoms with Crippen molar-refractivity contribution in [2.45, 2.75) is 0 Å². The van der Waals surface area contributed by atoms with Gasteiger partial charge in [0.15, 0.2) is 5.17 Å². The standard InChI is InChI=1S/C15H12N4O2S/c20-13(11-3-1-5-16-9-11)18-15-19(7-8-22-15)14(21)12-4-2-6-17-10-12/h1-6,9-10H,7-8H2. The summed E-state index contributed by atoms with van der Waals surface area (Å²) in [5, 5.41) is 0.419. The smallest absolute Gasteiger partial charge is 0.280 e. The number of aromatic nitrogens is 2. The average Bonchev–Trinajstić information content (AvgIpc) is 3.04. The van der Waals surface area contributed by atoms with Crippen LogP contribution in [0.1, 0.15) is 20.7 Å². The predicted molar refractivity (Wildman–Crippen MR) is 83.7 cm³/mol. The van der Waals surface area contributed by atoms with Gasteiger partial charge < -0.3 is 0 Å². The molecule has 0 aliphatic carbocycles. The molecule has 6 nitrogen and oxygen atoms in total. The van der Waals surface area contributed by atoms with Gasteiger partial charge in [0.2, 0.25) is 0 Å². The van der Waals surface area contributed by atoms with Gasteiger partial charge in [-0.05, 0) is 24.3 Å². The van der Waals surface area contributed by atoms with Crippen LogP contribution in [0, 0.1) is 0 Å². The summed E-state index contributed by atoms with van der Waals surface area (Å²) < 4.78 is 0. The minimum absolute atomic E-state index is 0.198. The van der Waals surface area contributed by atoms with Gasteiger partial charge in [0, 0.05) is 37.1 Å². The zero-order valence-corrected chi connectivity index (χ0v) is 12.4. The third-order valence-corrected chi connectivity index (χ3v) is 3.99. The van der Waals surface area contributed by atoms with Crippen LogP contribution in [-0.4, -0.2) is 44.1 Å². The predicted octanol–water partition coefficient (Wildman–Crippen LogP) is 1.86. The van der Waals surface area contributed by atoms with Gasteiger partial charge in [-0.25, -0.2) is 0 Å². The third-order valence-electron chi connectivity index (χ3n) is 3.04. The van der Waals surface area contributed by atoms with Gasteiger partial charge >= 0.3 is 0 Å². The lowest BCUT2D eigenvalue weighted by Crippen LogP contribution is -2.32. The van der Waals surface area contributed by atoms with Gasteiger partial charge in [0.25, 0.3) is 11.8 Å². The fraction of sp³-hybridized carbons (Fsp3) is 0.133.